The second kappa shape index (κ2) is 4.33. The number of pyridine rings is 1. The topological polar surface area (TPSA) is 56.2 Å². The van der Waals surface area contributed by atoms with Crippen LogP contribution < -0.4 is 5.73 Å². The summed E-state index contributed by atoms with van der Waals surface area (Å²) in [5.74, 6) is 0.290. The van der Waals surface area contributed by atoms with E-state index < -0.39 is 11.9 Å². The Morgan fingerprint density at radius 1 is 1.24 bits per heavy atom. The van der Waals surface area contributed by atoms with E-state index in [-0.39, 0.29) is 5.65 Å². The maximum atomic E-state index is 12.8. The van der Waals surface area contributed by atoms with Crippen LogP contribution in [0.25, 0.3) is 5.65 Å². The van der Waals surface area contributed by atoms with Gasteiger partial charge in [0.1, 0.15) is 11.5 Å². The van der Waals surface area contributed by atoms with E-state index in [1.54, 1.807) is 0 Å². The van der Waals surface area contributed by atoms with E-state index in [0.717, 1.165) is 10.5 Å². The average molecular weight is 244 g/mol. The van der Waals surface area contributed by atoms with Crippen molar-refractivity contribution in [1.82, 2.24) is 14.6 Å². The fraction of sp³-hybridized carbons (Fsp3) is 0.400. The number of nitrogens with zero attached hydrogens (tertiary/aromatic N) is 3. The summed E-state index contributed by atoms with van der Waals surface area (Å²) < 4.78 is 39.4. The van der Waals surface area contributed by atoms with Crippen molar-refractivity contribution >= 4 is 5.65 Å². The molecule has 0 fully saturated rings. The molecule has 17 heavy (non-hydrogen) atoms. The first kappa shape index (κ1) is 11.8. The molecule has 92 valence electrons. The van der Waals surface area contributed by atoms with Gasteiger partial charge >= 0.3 is 6.18 Å². The summed E-state index contributed by atoms with van der Waals surface area (Å²) in [5, 5.41) is 7.48. The first-order chi connectivity index (χ1) is 8.04. The molecule has 2 rings (SSSR count). The third kappa shape index (κ3) is 2.23. The van der Waals surface area contributed by atoms with Crippen LogP contribution in [0.4, 0.5) is 13.2 Å². The van der Waals surface area contributed by atoms with E-state index in [2.05, 4.69) is 10.2 Å². The summed E-state index contributed by atoms with van der Waals surface area (Å²) in [5.41, 5.74) is 4.78. The molecule has 0 atom stereocenters. The standard InChI is InChI=1S/C10H11F3N4/c11-10(12,13)7-3-1-4-8-15-16-9(17(7)8)5-2-6-14/h1,3-4H,2,5-6,14H2. The molecule has 0 bridgehead atoms. The van der Waals surface area contributed by atoms with Crippen molar-refractivity contribution in [2.75, 3.05) is 6.54 Å². The Labute approximate surface area is 95.3 Å². The lowest BCUT2D eigenvalue weighted by atomic mass is 10.2. The molecule has 2 aromatic heterocycles. The zero-order valence-electron chi connectivity index (χ0n) is 8.91. The van der Waals surface area contributed by atoms with Gasteiger partial charge in [-0.3, -0.25) is 4.40 Å². The molecule has 7 heteroatoms. The van der Waals surface area contributed by atoms with E-state index in [1.165, 1.54) is 12.1 Å². The minimum absolute atomic E-state index is 0.201. The Balaban J connectivity index is 2.56. The minimum atomic E-state index is -4.42. The molecular formula is C10H11F3N4. The second-order valence-electron chi connectivity index (χ2n) is 3.61. The highest BCUT2D eigenvalue weighted by atomic mass is 19.4. The highest BCUT2D eigenvalue weighted by molar-refractivity contribution is 5.40. The summed E-state index contributed by atoms with van der Waals surface area (Å²) in [7, 11) is 0. The zero-order chi connectivity index (χ0) is 12.5. The van der Waals surface area contributed by atoms with Crippen molar-refractivity contribution in [3.8, 4) is 0 Å². The van der Waals surface area contributed by atoms with E-state index in [0.29, 0.717) is 25.2 Å². The van der Waals surface area contributed by atoms with Gasteiger partial charge in [0.05, 0.1) is 0 Å². The molecule has 0 spiro atoms. The summed E-state index contributed by atoms with van der Waals surface area (Å²) >= 11 is 0. The van der Waals surface area contributed by atoms with E-state index in [1.807, 2.05) is 0 Å². The van der Waals surface area contributed by atoms with Gasteiger partial charge in [-0.15, -0.1) is 10.2 Å². The molecule has 2 N–H and O–H groups in total. The number of hydrogen-bond acceptors (Lipinski definition) is 3. The monoisotopic (exact) mass is 244 g/mol. The molecule has 0 aliphatic rings. The van der Waals surface area contributed by atoms with E-state index >= 15 is 0 Å². The molecule has 0 saturated heterocycles. The van der Waals surface area contributed by atoms with Gasteiger partial charge in [-0.1, -0.05) is 6.07 Å². The predicted molar refractivity (Wildman–Crippen MR) is 55.4 cm³/mol. The molecule has 0 radical (unpaired) electrons. The fourth-order valence-corrected chi connectivity index (χ4v) is 1.64. The van der Waals surface area contributed by atoms with Gasteiger partial charge < -0.3 is 5.73 Å². The summed E-state index contributed by atoms with van der Waals surface area (Å²) in [6, 6.07) is 3.83. The number of fused-ring (bicyclic) bond motifs is 1. The third-order valence-electron chi connectivity index (χ3n) is 2.39. The molecular weight excluding hydrogens is 233 g/mol. The van der Waals surface area contributed by atoms with Gasteiger partial charge in [-0.05, 0) is 25.1 Å². The Morgan fingerprint density at radius 3 is 2.65 bits per heavy atom. The first-order valence-corrected chi connectivity index (χ1v) is 5.14. The lowest BCUT2D eigenvalue weighted by Crippen LogP contribution is -2.13. The highest BCUT2D eigenvalue weighted by Gasteiger charge is 2.34. The van der Waals surface area contributed by atoms with Crippen LogP contribution in [-0.2, 0) is 12.6 Å². The molecule has 0 aliphatic carbocycles. The Morgan fingerprint density at radius 2 is 2.00 bits per heavy atom. The van der Waals surface area contributed by atoms with Crippen LogP contribution in [0.3, 0.4) is 0 Å². The Bertz CT molecular complexity index is 518. The van der Waals surface area contributed by atoms with Gasteiger partial charge in [-0.2, -0.15) is 13.2 Å². The Kier molecular flexibility index (Phi) is 3.01. The number of aryl methyl sites for hydroxylation is 1. The predicted octanol–water partition coefficient (Wildman–Crippen LogP) is 1.64. The maximum Gasteiger partial charge on any atom is 0.431 e. The Hall–Kier alpha value is -1.63. The third-order valence-corrected chi connectivity index (χ3v) is 2.39. The van der Waals surface area contributed by atoms with Crippen molar-refractivity contribution < 1.29 is 13.2 Å². The van der Waals surface area contributed by atoms with Gasteiger partial charge in [0, 0.05) is 6.42 Å². The van der Waals surface area contributed by atoms with Gasteiger partial charge in [-0.25, -0.2) is 0 Å². The highest BCUT2D eigenvalue weighted by Crippen LogP contribution is 2.30. The second-order valence-corrected chi connectivity index (χ2v) is 3.61. The lowest BCUT2D eigenvalue weighted by molar-refractivity contribution is -0.142. The van der Waals surface area contributed by atoms with Crippen LogP contribution in [0.15, 0.2) is 18.2 Å². The van der Waals surface area contributed by atoms with Crippen LogP contribution in [0.5, 0.6) is 0 Å². The number of halogens is 3. The normalized spacial score (nSPS) is 12.2. The van der Waals surface area contributed by atoms with Crippen LogP contribution in [0, 0.1) is 0 Å². The van der Waals surface area contributed by atoms with Crippen molar-refractivity contribution in [3.63, 3.8) is 0 Å². The van der Waals surface area contributed by atoms with Gasteiger partial charge in [0.15, 0.2) is 5.65 Å². The molecule has 2 heterocycles. The summed E-state index contributed by atoms with van der Waals surface area (Å²) in [6.45, 7) is 0.406. The fourth-order valence-electron chi connectivity index (χ4n) is 1.64. The minimum Gasteiger partial charge on any atom is -0.330 e. The van der Waals surface area contributed by atoms with Crippen LogP contribution in [-0.4, -0.2) is 21.1 Å². The maximum absolute atomic E-state index is 12.8. The smallest absolute Gasteiger partial charge is 0.330 e. The van der Waals surface area contributed by atoms with Gasteiger partial charge in [0.25, 0.3) is 0 Å². The van der Waals surface area contributed by atoms with Crippen molar-refractivity contribution in [1.29, 1.82) is 0 Å². The van der Waals surface area contributed by atoms with E-state index in [4.69, 9.17) is 5.73 Å². The van der Waals surface area contributed by atoms with Crippen molar-refractivity contribution in [3.05, 3.63) is 29.7 Å². The number of nitrogens with two attached hydrogens (primary N) is 1. The largest absolute Gasteiger partial charge is 0.431 e. The van der Waals surface area contributed by atoms with Crippen molar-refractivity contribution in [2.45, 2.75) is 19.0 Å². The summed E-state index contributed by atoms with van der Waals surface area (Å²) in [4.78, 5) is 0. The van der Waals surface area contributed by atoms with Gasteiger partial charge in [0.2, 0.25) is 0 Å². The van der Waals surface area contributed by atoms with E-state index in [9.17, 15) is 13.2 Å². The van der Waals surface area contributed by atoms with Crippen molar-refractivity contribution in [2.24, 2.45) is 5.73 Å². The van der Waals surface area contributed by atoms with Crippen LogP contribution in [0.2, 0.25) is 0 Å². The average Bonchev–Trinajstić information content (AvgIpc) is 2.68. The number of aromatic nitrogens is 3. The molecule has 0 saturated carbocycles. The molecule has 4 nitrogen and oxygen atoms in total. The van der Waals surface area contributed by atoms with Crippen LogP contribution in [0.1, 0.15) is 17.9 Å². The zero-order valence-corrected chi connectivity index (χ0v) is 8.91. The number of hydrogen-bond donors (Lipinski definition) is 1. The molecule has 0 aromatic carbocycles. The number of rotatable bonds is 3. The number of alkyl halides is 3. The molecule has 0 unspecified atom stereocenters. The van der Waals surface area contributed by atoms with Crippen LogP contribution >= 0.6 is 0 Å². The lowest BCUT2D eigenvalue weighted by Gasteiger charge is -2.10. The summed E-state index contributed by atoms with van der Waals surface area (Å²) in [6.07, 6.45) is -3.46. The molecule has 0 aliphatic heterocycles. The molecule has 2 aromatic rings. The molecule has 0 amide bonds. The quantitative estimate of drug-likeness (QED) is 0.892. The SMILES string of the molecule is NCCCc1nnc2cccc(C(F)(F)F)n12. The first-order valence-electron chi connectivity index (χ1n) is 5.14.